The second kappa shape index (κ2) is 9.04. The largest absolute Gasteiger partial charge is 0.351 e. The molecule has 0 radical (unpaired) electrons. The average Bonchev–Trinajstić information content (AvgIpc) is 3.33. The highest BCUT2D eigenvalue weighted by atomic mass is 32.2. The van der Waals surface area contributed by atoms with Gasteiger partial charge in [-0.25, -0.2) is 17.5 Å². The van der Waals surface area contributed by atoms with E-state index < -0.39 is 39.6 Å². The molecule has 4 rings (SSSR count). The summed E-state index contributed by atoms with van der Waals surface area (Å²) < 4.78 is 44.0. The maximum atomic E-state index is 13.6. The number of aryl methyl sites for hydroxylation is 2. The van der Waals surface area contributed by atoms with Gasteiger partial charge < -0.3 is 20.1 Å². The number of halogens is 1. The van der Waals surface area contributed by atoms with Gasteiger partial charge in [0.05, 0.1) is 4.90 Å². The van der Waals surface area contributed by atoms with Crippen LogP contribution in [-0.4, -0.2) is 67.5 Å². The molecule has 2 aliphatic rings. The lowest BCUT2D eigenvalue weighted by Gasteiger charge is -2.22. The zero-order valence-electron chi connectivity index (χ0n) is 18.7. The molecular weight excluding hydrogens is 485 g/mol. The first kappa shape index (κ1) is 24.2. The maximum absolute atomic E-state index is 13.6. The van der Waals surface area contributed by atoms with Crippen LogP contribution in [0.4, 0.5) is 10.1 Å². The molecule has 0 saturated carbocycles. The van der Waals surface area contributed by atoms with Gasteiger partial charge in [0.15, 0.2) is 0 Å². The smallest absolute Gasteiger partial charge is 0.311 e. The van der Waals surface area contributed by atoms with Crippen LogP contribution in [0.1, 0.15) is 16.1 Å². The average molecular weight is 510 g/mol. The minimum atomic E-state index is -4.01. The fraction of sp³-hybridized carbons (Fsp3) is 0.381. The van der Waals surface area contributed by atoms with Gasteiger partial charge in [0.2, 0.25) is 10.0 Å². The standard InChI is InChI=1S/C21H24FN5O5S2/c1-11-6-13(4-5-14(11)22)24-19(28)17-18-16(9-26(17)3)34(31,32)25-15-8-27(7-12(15)10-33-18)21(30)20(29)23-2/h4-6,9,12,15,25H,7-8,10H2,1-3H3,(H,23,29)(H,24,28)/t12-,15-/m0/s1. The summed E-state index contributed by atoms with van der Waals surface area (Å²) in [5, 5.41) is 4.99. The molecule has 13 heteroatoms. The van der Waals surface area contributed by atoms with Gasteiger partial charge in [-0.05, 0) is 30.7 Å². The van der Waals surface area contributed by atoms with E-state index in [9.17, 15) is 27.2 Å². The molecule has 0 spiro atoms. The van der Waals surface area contributed by atoms with Gasteiger partial charge in [-0.15, -0.1) is 11.8 Å². The Hall–Kier alpha value is -2.90. The summed E-state index contributed by atoms with van der Waals surface area (Å²) in [5.41, 5.74) is 0.904. The highest BCUT2D eigenvalue weighted by molar-refractivity contribution is 8.00. The summed E-state index contributed by atoms with van der Waals surface area (Å²) in [4.78, 5) is 38.7. The Labute approximate surface area is 200 Å². The predicted octanol–water partition coefficient (Wildman–Crippen LogP) is 0.682. The van der Waals surface area contributed by atoms with Crippen LogP contribution in [0.2, 0.25) is 0 Å². The lowest BCUT2D eigenvalue weighted by atomic mass is 10.1. The molecule has 2 aromatic rings. The number of carbonyl (C=O) groups excluding carboxylic acids is 3. The Morgan fingerprint density at radius 2 is 1.97 bits per heavy atom. The maximum Gasteiger partial charge on any atom is 0.311 e. The van der Waals surface area contributed by atoms with Gasteiger partial charge in [0.1, 0.15) is 16.4 Å². The Balaban J connectivity index is 1.62. The predicted molar refractivity (Wildman–Crippen MR) is 123 cm³/mol. The van der Waals surface area contributed by atoms with E-state index in [2.05, 4.69) is 15.4 Å². The molecule has 1 aromatic heterocycles. The number of benzene rings is 1. The molecule has 2 atom stereocenters. The van der Waals surface area contributed by atoms with Gasteiger partial charge in [-0.2, -0.15) is 0 Å². The molecule has 1 saturated heterocycles. The van der Waals surface area contributed by atoms with Crippen molar-refractivity contribution >= 4 is 45.2 Å². The van der Waals surface area contributed by atoms with Crippen LogP contribution < -0.4 is 15.4 Å². The van der Waals surface area contributed by atoms with E-state index in [1.54, 1.807) is 14.0 Å². The van der Waals surface area contributed by atoms with E-state index in [0.717, 1.165) is 0 Å². The first-order valence-corrected chi connectivity index (χ1v) is 12.9. The Morgan fingerprint density at radius 1 is 1.24 bits per heavy atom. The number of carbonyl (C=O) groups is 3. The third-order valence-corrected chi connectivity index (χ3v) is 8.85. The molecule has 0 unspecified atom stereocenters. The number of rotatable bonds is 2. The quantitative estimate of drug-likeness (QED) is 0.511. The number of thioether (sulfide) groups is 1. The van der Waals surface area contributed by atoms with Crippen molar-refractivity contribution < 1.29 is 27.2 Å². The van der Waals surface area contributed by atoms with Crippen molar-refractivity contribution in [1.82, 2.24) is 19.5 Å². The lowest BCUT2D eigenvalue weighted by molar-refractivity contribution is -0.144. The molecular formula is C21H24FN5O5S2. The van der Waals surface area contributed by atoms with Crippen LogP contribution in [0.5, 0.6) is 0 Å². The van der Waals surface area contributed by atoms with E-state index in [0.29, 0.717) is 21.9 Å². The monoisotopic (exact) mass is 509 g/mol. The van der Waals surface area contributed by atoms with Gasteiger partial charge >= 0.3 is 11.8 Å². The molecule has 1 fully saturated rings. The first-order chi connectivity index (χ1) is 16.0. The molecule has 2 aliphatic heterocycles. The Bertz CT molecular complexity index is 1290. The lowest BCUT2D eigenvalue weighted by Crippen LogP contribution is -2.44. The molecule has 0 bridgehead atoms. The summed E-state index contributed by atoms with van der Waals surface area (Å²) in [6.07, 6.45) is 1.37. The van der Waals surface area contributed by atoms with E-state index >= 15 is 0 Å². The fourth-order valence-corrected chi connectivity index (χ4v) is 7.35. The van der Waals surface area contributed by atoms with Crippen LogP contribution in [0, 0.1) is 18.7 Å². The van der Waals surface area contributed by atoms with Crippen LogP contribution in [0.25, 0.3) is 0 Å². The number of fused-ring (bicyclic) bond motifs is 2. The van der Waals surface area contributed by atoms with Crippen LogP contribution in [0.3, 0.4) is 0 Å². The SMILES string of the molecule is CNC(=O)C(=O)N1C[C@H]2CSc3c(cn(C)c3C(=O)Nc3ccc(F)c(C)c3)S(=O)(=O)N[C@H]2C1. The molecule has 0 aliphatic carbocycles. The summed E-state index contributed by atoms with van der Waals surface area (Å²) in [7, 11) is -1.08. The van der Waals surface area contributed by atoms with Crippen molar-refractivity contribution in [2.24, 2.45) is 13.0 Å². The van der Waals surface area contributed by atoms with E-state index in [1.807, 2.05) is 0 Å². The summed E-state index contributed by atoms with van der Waals surface area (Å²) >= 11 is 1.22. The third-order valence-electron chi connectivity index (χ3n) is 5.92. The number of nitrogens with zero attached hydrogens (tertiary/aromatic N) is 2. The molecule has 3 amide bonds. The number of amides is 3. The topological polar surface area (TPSA) is 130 Å². The van der Waals surface area contributed by atoms with Gasteiger partial charge in [-0.1, -0.05) is 0 Å². The van der Waals surface area contributed by atoms with Gasteiger partial charge in [0.25, 0.3) is 5.91 Å². The minimum absolute atomic E-state index is 0.0324. The second-order valence-electron chi connectivity index (χ2n) is 8.29. The van der Waals surface area contributed by atoms with Gasteiger partial charge in [0, 0.05) is 56.8 Å². The van der Waals surface area contributed by atoms with Crippen molar-refractivity contribution in [3.8, 4) is 0 Å². The molecule has 3 heterocycles. The van der Waals surface area contributed by atoms with Crippen molar-refractivity contribution in [2.75, 3.05) is 31.2 Å². The van der Waals surface area contributed by atoms with E-state index in [-0.39, 0.29) is 29.6 Å². The van der Waals surface area contributed by atoms with Crippen LogP contribution in [0.15, 0.2) is 34.2 Å². The van der Waals surface area contributed by atoms with Gasteiger partial charge in [-0.3, -0.25) is 14.4 Å². The highest BCUT2D eigenvalue weighted by Crippen LogP contribution is 2.37. The van der Waals surface area contributed by atoms with Crippen molar-refractivity contribution in [1.29, 1.82) is 0 Å². The van der Waals surface area contributed by atoms with Crippen molar-refractivity contribution in [3.63, 3.8) is 0 Å². The normalized spacial score (nSPS) is 21.1. The number of sulfonamides is 1. The zero-order chi connectivity index (χ0) is 24.8. The number of anilines is 1. The van der Waals surface area contributed by atoms with Crippen LogP contribution >= 0.6 is 11.8 Å². The molecule has 182 valence electrons. The second-order valence-corrected chi connectivity index (χ2v) is 11.0. The Kier molecular flexibility index (Phi) is 6.44. The van der Waals surface area contributed by atoms with E-state index in [4.69, 9.17) is 0 Å². The summed E-state index contributed by atoms with van der Waals surface area (Å²) in [6.45, 7) is 1.87. The third kappa shape index (κ3) is 4.42. The van der Waals surface area contributed by atoms with Crippen molar-refractivity contribution in [3.05, 3.63) is 41.5 Å². The number of nitrogens with one attached hydrogen (secondary N) is 3. The highest BCUT2D eigenvalue weighted by Gasteiger charge is 2.42. The molecule has 3 N–H and O–H groups in total. The minimum Gasteiger partial charge on any atom is -0.351 e. The summed E-state index contributed by atoms with van der Waals surface area (Å²) in [5.74, 6) is -2.23. The molecule has 1 aromatic carbocycles. The van der Waals surface area contributed by atoms with Crippen LogP contribution in [-0.2, 0) is 26.7 Å². The first-order valence-electron chi connectivity index (χ1n) is 10.4. The zero-order valence-corrected chi connectivity index (χ0v) is 20.3. The molecule has 34 heavy (non-hydrogen) atoms. The van der Waals surface area contributed by atoms with E-state index in [1.165, 1.54) is 52.7 Å². The number of likely N-dealkylation sites (N-methyl/N-ethyl adjacent to an activating group) is 1. The number of aromatic nitrogens is 1. The molecule has 10 nitrogen and oxygen atoms in total. The van der Waals surface area contributed by atoms with Crippen molar-refractivity contribution in [2.45, 2.75) is 22.8 Å². The Morgan fingerprint density at radius 3 is 2.65 bits per heavy atom. The number of hydrogen-bond acceptors (Lipinski definition) is 6. The summed E-state index contributed by atoms with van der Waals surface area (Å²) in [6, 6.07) is 3.61. The fourth-order valence-electron chi connectivity index (χ4n) is 4.13. The number of likely N-dealkylation sites (tertiary alicyclic amines) is 1. The number of hydrogen-bond donors (Lipinski definition) is 3.